The molecule has 0 bridgehead atoms. The maximum atomic E-state index is 6.00. The van der Waals surface area contributed by atoms with Gasteiger partial charge in [0.05, 0.1) is 6.54 Å². The van der Waals surface area contributed by atoms with Crippen molar-refractivity contribution in [2.75, 3.05) is 13.1 Å². The van der Waals surface area contributed by atoms with E-state index in [9.17, 15) is 0 Å². The van der Waals surface area contributed by atoms with Crippen LogP contribution in [0.2, 0.25) is 0 Å². The van der Waals surface area contributed by atoms with Crippen LogP contribution in [0.4, 0.5) is 0 Å². The predicted molar refractivity (Wildman–Crippen MR) is 99.2 cm³/mol. The third-order valence-electron chi connectivity index (χ3n) is 5.05. The lowest BCUT2D eigenvalue weighted by Gasteiger charge is -2.41. The molecule has 3 N–H and O–H groups in total. The van der Waals surface area contributed by atoms with Crippen LogP contribution >= 0.6 is 24.0 Å². The van der Waals surface area contributed by atoms with E-state index in [4.69, 9.17) is 5.73 Å². The lowest BCUT2D eigenvalue weighted by molar-refractivity contribution is 0.253. The standard InChI is InChI=1S/C17H25N3.HI/c18-16(19-12-14-6-4-7-14)20-13-17(10-5-11-17)15-8-2-1-3-9-15;/h1-3,8-9,14H,4-7,10-13H2,(H3,18,19,20);1H. The number of nitrogens with one attached hydrogen (secondary N) is 1. The van der Waals surface area contributed by atoms with Crippen LogP contribution in [0.15, 0.2) is 35.3 Å². The van der Waals surface area contributed by atoms with Crippen LogP contribution in [0.5, 0.6) is 0 Å². The van der Waals surface area contributed by atoms with Gasteiger partial charge in [0.1, 0.15) is 0 Å². The Morgan fingerprint density at radius 3 is 2.43 bits per heavy atom. The lowest BCUT2D eigenvalue weighted by atomic mass is 9.64. The maximum absolute atomic E-state index is 6.00. The zero-order chi connectivity index (χ0) is 13.8. The minimum atomic E-state index is 0. The Balaban J connectivity index is 0.00000161. The second kappa shape index (κ2) is 7.47. The van der Waals surface area contributed by atoms with Gasteiger partial charge in [0.2, 0.25) is 0 Å². The van der Waals surface area contributed by atoms with Gasteiger partial charge in [0.25, 0.3) is 0 Å². The van der Waals surface area contributed by atoms with Crippen molar-refractivity contribution in [3.05, 3.63) is 35.9 Å². The molecule has 1 aromatic rings. The molecule has 4 heteroatoms. The van der Waals surface area contributed by atoms with Gasteiger partial charge < -0.3 is 11.1 Å². The summed E-state index contributed by atoms with van der Waals surface area (Å²) in [4.78, 5) is 4.61. The van der Waals surface area contributed by atoms with Crippen LogP contribution < -0.4 is 11.1 Å². The summed E-state index contributed by atoms with van der Waals surface area (Å²) in [7, 11) is 0. The summed E-state index contributed by atoms with van der Waals surface area (Å²) in [5, 5.41) is 3.28. The van der Waals surface area contributed by atoms with Crippen molar-refractivity contribution in [2.45, 2.75) is 43.9 Å². The summed E-state index contributed by atoms with van der Waals surface area (Å²) < 4.78 is 0. The molecule has 0 atom stereocenters. The van der Waals surface area contributed by atoms with Crippen LogP contribution in [-0.4, -0.2) is 19.0 Å². The number of hydrogen-bond acceptors (Lipinski definition) is 1. The van der Waals surface area contributed by atoms with Crippen LogP contribution in [0.3, 0.4) is 0 Å². The fourth-order valence-corrected chi connectivity index (χ4v) is 3.17. The summed E-state index contributed by atoms with van der Waals surface area (Å²) in [6, 6.07) is 10.8. The first-order valence-corrected chi connectivity index (χ1v) is 7.88. The molecule has 0 heterocycles. The number of rotatable bonds is 5. The van der Waals surface area contributed by atoms with Crippen LogP contribution in [0, 0.1) is 5.92 Å². The summed E-state index contributed by atoms with van der Waals surface area (Å²) in [6.45, 7) is 1.81. The molecule has 2 aliphatic rings. The molecule has 0 amide bonds. The first-order valence-electron chi connectivity index (χ1n) is 7.88. The summed E-state index contributed by atoms with van der Waals surface area (Å²) in [5.41, 5.74) is 7.66. The molecule has 0 unspecified atom stereocenters. The molecule has 116 valence electrons. The number of nitrogens with zero attached hydrogens (tertiary/aromatic N) is 1. The molecule has 2 fully saturated rings. The Labute approximate surface area is 144 Å². The van der Waals surface area contributed by atoms with Crippen molar-refractivity contribution in [1.29, 1.82) is 0 Å². The van der Waals surface area contributed by atoms with E-state index in [1.54, 1.807) is 0 Å². The fraction of sp³-hybridized carbons (Fsp3) is 0.588. The first kappa shape index (κ1) is 16.6. The van der Waals surface area contributed by atoms with E-state index >= 15 is 0 Å². The zero-order valence-electron chi connectivity index (χ0n) is 12.6. The summed E-state index contributed by atoms with van der Waals surface area (Å²) in [5.74, 6) is 1.44. The molecular formula is C17H26IN3. The zero-order valence-corrected chi connectivity index (χ0v) is 14.9. The lowest BCUT2D eigenvalue weighted by Crippen LogP contribution is -2.41. The van der Waals surface area contributed by atoms with Gasteiger partial charge in [-0.25, -0.2) is 0 Å². The third-order valence-corrected chi connectivity index (χ3v) is 5.05. The van der Waals surface area contributed by atoms with Gasteiger partial charge in [-0.05, 0) is 37.2 Å². The van der Waals surface area contributed by atoms with Crippen LogP contribution in [0.25, 0.3) is 0 Å². The molecule has 21 heavy (non-hydrogen) atoms. The van der Waals surface area contributed by atoms with Crippen molar-refractivity contribution in [1.82, 2.24) is 5.32 Å². The molecule has 3 rings (SSSR count). The van der Waals surface area contributed by atoms with E-state index in [1.807, 2.05) is 0 Å². The van der Waals surface area contributed by atoms with E-state index in [0.717, 1.165) is 19.0 Å². The minimum Gasteiger partial charge on any atom is -0.370 e. The molecule has 0 spiro atoms. The second-order valence-corrected chi connectivity index (χ2v) is 6.38. The Kier molecular flexibility index (Phi) is 5.90. The Bertz CT molecular complexity index is 464. The maximum Gasteiger partial charge on any atom is 0.188 e. The Morgan fingerprint density at radius 1 is 1.19 bits per heavy atom. The fourth-order valence-electron chi connectivity index (χ4n) is 3.17. The number of halogens is 1. The van der Waals surface area contributed by atoms with E-state index in [0.29, 0.717) is 5.96 Å². The highest BCUT2D eigenvalue weighted by Gasteiger charge is 2.38. The average Bonchev–Trinajstić information content (AvgIpc) is 2.37. The first-order chi connectivity index (χ1) is 9.78. The topological polar surface area (TPSA) is 50.4 Å². The highest BCUT2D eigenvalue weighted by molar-refractivity contribution is 14.0. The molecule has 0 saturated heterocycles. The van der Waals surface area contributed by atoms with Crippen molar-refractivity contribution in [3.8, 4) is 0 Å². The van der Waals surface area contributed by atoms with Gasteiger partial charge in [-0.15, -0.1) is 24.0 Å². The molecule has 2 aliphatic carbocycles. The van der Waals surface area contributed by atoms with Crippen LogP contribution in [0.1, 0.15) is 44.1 Å². The van der Waals surface area contributed by atoms with Gasteiger partial charge in [-0.2, -0.15) is 0 Å². The quantitative estimate of drug-likeness (QED) is 0.453. The van der Waals surface area contributed by atoms with Gasteiger partial charge in [0, 0.05) is 12.0 Å². The van der Waals surface area contributed by atoms with E-state index in [1.165, 1.54) is 44.1 Å². The van der Waals surface area contributed by atoms with Crippen molar-refractivity contribution in [3.63, 3.8) is 0 Å². The van der Waals surface area contributed by atoms with Gasteiger partial charge >= 0.3 is 0 Å². The molecule has 0 radical (unpaired) electrons. The molecular weight excluding hydrogens is 373 g/mol. The van der Waals surface area contributed by atoms with Crippen molar-refractivity contribution in [2.24, 2.45) is 16.6 Å². The SMILES string of the molecule is I.NC(=NCC1(c2ccccc2)CCC1)NCC1CCC1. The van der Waals surface area contributed by atoms with Crippen LogP contribution in [-0.2, 0) is 5.41 Å². The molecule has 1 aromatic carbocycles. The summed E-state index contributed by atoms with van der Waals surface area (Å²) >= 11 is 0. The normalized spacial score (nSPS) is 20.9. The van der Waals surface area contributed by atoms with Crippen molar-refractivity contribution >= 4 is 29.9 Å². The Hall–Kier alpha value is -0.780. The van der Waals surface area contributed by atoms with E-state index < -0.39 is 0 Å². The largest absolute Gasteiger partial charge is 0.370 e. The van der Waals surface area contributed by atoms with Gasteiger partial charge in [-0.3, -0.25) is 4.99 Å². The number of guanidine groups is 1. The molecule has 3 nitrogen and oxygen atoms in total. The highest BCUT2D eigenvalue weighted by Crippen LogP contribution is 2.43. The van der Waals surface area contributed by atoms with Gasteiger partial charge in [-0.1, -0.05) is 43.2 Å². The number of benzene rings is 1. The number of hydrogen-bond donors (Lipinski definition) is 2. The third kappa shape index (κ3) is 3.90. The summed E-state index contributed by atoms with van der Waals surface area (Å²) in [6.07, 6.45) is 7.83. The van der Waals surface area contributed by atoms with Crippen molar-refractivity contribution < 1.29 is 0 Å². The smallest absolute Gasteiger partial charge is 0.188 e. The minimum absolute atomic E-state index is 0. The average molecular weight is 399 g/mol. The highest BCUT2D eigenvalue weighted by atomic mass is 127. The number of aliphatic imine (C=N–C) groups is 1. The molecule has 0 aromatic heterocycles. The van der Waals surface area contributed by atoms with E-state index in [2.05, 4.69) is 40.6 Å². The monoisotopic (exact) mass is 399 g/mol. The molecule has 2 saturated carbocycles. The molecule has 0 aliphatic heterocycles. The van der Waals surface area contributed by atoms with E-state index in [-0.39, 0.29) is 29.4 Å². The second-order valence-electron chi connectivity index (χ2n) is 6.38. The predicted octanol–water partition coefficient (Wildman–Crippen LogP) is 3.43. The van der Waals surface area contributed by atoms with Gasteiger partial charge in [0.15, 0.2) is 5.96 Å². The number of nitrogens with two attached hydrogens (primary N) is 1. The Morgan fingerprint density at radius 2 is 1.90 bits per heavy atom.